The molecule has 0 bridgehead atoms. The van der Waals surface area contributed by atoms with Gasteiger partial charge in [-0.2, -0.15) is 0 Å². The molecule has 0 amide bonds. The van der Waals surface area contributed by atoms with Gasteiger partial charge in [-0.3, -0.25) is 4.98 Å². The van der Waals surface area contributed by atoms with Crippen molar-refractivity contribution in [3.8, 4) is 11.3 Å². The van der Waals surface area contributed by atoms with Gasteiger partial charge in [-0.25, -0.2) is 4.39 Å². The second-order valence-electron chi connectivity index (χ2n) is 6.84. The second kappa shape index (κ2) is 6.21. The lowest BCUT2D eigenvalue weighted by atomic mass is 9.94. The number of hydrogen-bond donors (Lipinski definition) is 0. The Hall–Kier alpha value is -2.74. The third-order valence-electron chi connectivity index (χ3n) is 4.74. The lowest BCUT2D eigenvalue weighted by Crippen LogP contribution is -1.95. The van der Waals surface area contributed by atoms with Crippen molar-refractivity contribution in [2.45, 2.75) is 33.5 Å². The zero-order chi connectivity index (χ0) is 23.4. The summed E-state index contributed by atoms with van der Waals surface area (Å²) in [5.41, 5.74) is 1.36. The first-order valence-corrected chi connectivity index (χ1v) is 8.54. The van der Waals surface area contributed by atoms with E-state index in [9.17, 15) is 0 Å². The van der Waals surface area contributed by atoms with Crippen LogP contribution in [0.15, 0.2) is 54.7 Å². The minimum atomic E-state index is -2.47. The molecule has 1 aromatic heterocycles. The van der Waals surface area contributed by atoms with E-state index in [2.05, 4.69) is 4.98 Å². The van der Waals surface area contributed by atoms with Crippen LogP contribution < -0.4 is 0 Å². The highest BCUT2D eigenvalue weighted by molar-refractivity contribution is 6.11. The van der Waals surface area contributed by atoms with E-state index in [1.165, 1.54) is 18.2 Å². The van der Waals surface area contributed by atoms with E-state index < -0.39 is 13.7 Å². The average molecular weight is 349 g/mol. The van der Waals surface area contributed by atoms with Crippen LogP contribution in [0.2, 0.25) is 0 Å². The fourth-order valence-electron chi connectivity index (χ4n) is 3.49. The summed E-state index contributed by atoms with van der Waals surface area (Å²) in [6.45, 7) is -1.06. The number of rotatable bonds is 2. The maximum atomic E-state index is 15.1. The Morgan fingerprint density at radius 2 is 1.50 bits per heavy atom. The predicted octanol–water partition coefficient (Wildman–Crippen LogP) is 6.93. The summed E-state index contributed by atoms with van der Waals surface area (Å²) < 4.78 is 61.7. The van der Waals surface area contributed by atoms with Gasteiger partial charge in [-0.15, -0.1) is 0 Å². The van der Waals surface area contributed by atoms with Crippen LogP contribution in [0.3, 0.4) is 0 Å². The molecule has 0 unspecified atom stereocenters. The average Bonchev–Trinajstić information content (AvgIpc) is 2.71. The molecule has 0 N–H and O–H groups in total. The highest BCUT2D eigenvalue weighted by Gasteiger charge is 2.14. The Labute approximate surface area is 161 Å². The number of halogens is 1. The maximum absolute atomic E-state index is 15.1. The van der Waals surface area contributed by atoms with E-state index in [4.69, 9.17) is 8.22 Å². The second-order valence-corrected chi connectivity index (χ2v) is 6.84. The quantitative estimate of drug-likeness (QED) is 0.357. The minimum absolute atomic E-state index is 0.0454. The SMILES string of the molecule is [2H]C([2H])([2H])c1cc(-c2nccc3c2ccc2c(F)c(C(C)C)ccc23)cc(C([2H])([2H])[2H])c1. The van der Waals surface area contributed by atoms with Gasteiger partial charge in [0.15, 0.2) is 0 Å². The lowest BCUT2D eigenvalue weighted by Gasteiger charge is -2.13. The molecule has 4 rings (SSSR count). The first kappa shape index (κ1) is 11.1. The summed E-state index contributed by atoms with van der Waals surface area (Å²) in [5.74, 6) is -0.212. The van der Waals surface area contributed by atoms with E-state index in [0.717, 1.165) is 10.8 Å². The zero-order valence-corrected chi connectivity index (χ0v) is 14.6. The van der Waals surface area contributed by atoms with Crippen molar-refractivity contribution in [1.29, 1.82) is 0 Å². The molecule has 3 aromatic carbocycles. The van der Waals surface area contributed by atoms with Crippen LogP contribution in [0.1, 0.15) is 44.7 Å². The summed E-state index contributed by atoms with van der Waals surface area (Å²) >= 11 is 0. The van der Waals surface area contributed by atoms with E-state index in [1.807, 2.05) is 19.9 Å². The Bertz CT molecular complexity index is 1310. The third-order valence-corrected chi connectivity index (χ3v) is 4.74. The number of aryl methyl sites for hydroxylation is 2. The lowest BCUT2D eigenvalue weighted by molar-refractivity contribution is 0.610. The van der Waals surface area contributed by atoms with Crippen LogP contribution >= 0.6 is 0 Å². The number of nitrogens with zero attached hydrogens (tertiary/aromatic N) is 1. The van der Waals surface area contributed by atoms with Crippen molar-refractivity contribution >= 4 is 21.5 Å². The number of aromatic nitrogens is 1. The molecule has 0 atom stereocenters. The molecule has 0 saturated carbocycles. The molecular formula is C24H22FN. The molecule has 1 heterocycles. The summed E-state index contributed by atoms with van der Waals surface area (Å²) in [4.78, 5) is 4.44. The van der Waals surface area contributed by atoms with Gasteiger partial charge in [0.1, 0.15) is 5.82 Å². The predicted molar refractivity (Wildman–Crippen MR) is 108 cm³/mol. The Morgan fingerprint density at radius 1 is 0.846 bits per heavy atom. The minimum Gasteiger partial charge on any atom is -0.256 e. The van der Waals surface area contributed by atoms with E-state index >= 15 is 4.39 Å². The van der Waals surface area contributed by atoms with Crippen molar-refractivity contribution in [3.05, 3.63) is 77.2 Å². The van der Waals surface area contributed by atoms with Crippen molar-refractivity contribution in [1.82, 2.24) is 4.98 Å². The van der Waals surface area contributed by atoms with Gasteiger partial charge in [0.2, 0.25) is 0 Å². The Kier molecular flexibility index (Phi) is 2.64. The highest BCUT2D eigenvalue weighted by atomic mass is 19.1. The number of hydrogen-bond acceptors (Lipinski definition) is 1. The maximum Gasteiger partial charge on any atom is 0.134 e. The smallest absolute Gasteiger partial charge is 0.134 e. The number of fused-ring (bicyclic) bond motifs is 3. The summed E-state index contributed by atoms with van der Waals surface area (Å²) in [6.07, 6.45) is 1.57. The summed E-state index contributed by atoms with van der Waals surface area (Å²) in [7, 11) is 0. The Balaban J connectivity index is 2.02. The molecule has 0 aliphatic heterocycles. The van der Waals surface area contributed by atoms with Crippen LogP contribution in [-0.2, 0) is 0 Å². The molecule has 0 fully saturated rings. The van der Waals surface area contributed by atoms with E-state index in [0.29, 0.717) is 27.6 Å². The fourth-order valence-corrected chi connectivity index (χ4v) is 3.49. The van der Waals surface area contributed by atoms with E-state index in [-0.39, 0.29) is 22.9 Å². The Morgan fingerprint density at radius 3 is 2.19 bits per heavy atom. The molecule has 0 aliphatic carbocycles. The first-order chi connectivity index (χ1) is 14.9. The molecule has 1 nitrogen and oxygen atoms in total. The highest BCUT2D eigenvalue weighted by Crippen LogP contribution is 2.35. The van der Waals surface area contributed by atoms with Crippen molar-refractivity contribution in [2.75, 3.05) is 0 Å². The molecule has 26 heavy (non-hydrogen) atoms. The van der Waals surface area contributed by atoms with Gasteiger partial charge < -0.3 is 0 Å². The largest absolute Gasteiger partial charge is 0.256 e. The standard InChI is InChI=1S/C24H22FN/c1-14(2)18-5-6-19-20-9-10-26-24(17-12-15(3)11-16(4)13-17)22(20)8-7-21(19)23(18)25/h5-14H,1-4H3/i3D3,4D3. The molecule has 130 valence electrons. The van der Waals surface area contributed by atoms with Gasteiger partial charge in [0, 0.05) is 30.8 Å². The molecule has 0 saturated heterocycles. The molecule has 0 spiro atoms. The van der Waals surface area contributed by atoms with E-state index in [1.54, 1.807) is 30.5 Å². The van der Waals surface area contributed by atoms with Crippen molar-refractivity contribution in [2.24, 2.45) is 0 Å². The van der Waals surface area contributed by atoms with Gasteiger partial charge >= 0.3 is 0 Å². The topological polar surface area (TPSA) is 12.9 Å². The normalized spacial score (nSPS) is 16.0. The van der Waals surface area contributed by atoms with Gasteiger partial charge in [-0.05, 0) is 54.2 Å². The van der Waals surface area contributed by atoms with Crippen LogP contribution in [-0.4, -0.2) is 4.98 Å². The van der Waals surface area contributed by atoms with Crippen LogP contribution in [0.4, 0.5) is 4.39 Å². The summed E-state index contributed by atoms with van der Waals surface area (Å²) in [6, 6.07) is 13.0. The third kappa shape index (κ3) is 2.66. The molecular weight excluding hydrogens is 321 g/mol. The fraction of sp³-hybridized carbons (Fsp3) is 0.208. The molecule has 4 aromatic rings. The molecule has 2 heteroatoms. The number of pyridine rings is 1. The molecule has 0 aliphatic rings. The summed E-state index contributed by atoms with van der Waals surface area (Å²) in [5, 5.41) is 2.67. The van der Waals surface area contributed by atoms with Crippen molar-refractivity contribution < 1.29 is 12.6 Å². The molecule has 0 radical (unpaired) electrons. The van der Waals surface area contributed by atoms with Crippen LogP contribution in [0.25, 0.3) is 32.8 Å². The van der Waals surface area contributed by atoms with Crippen molar-refractivity contribution in [3.63, 3.8) is 0 Å². The van der Waals surface area contributed by atoms with Gasteiger partial charge in [-0.1, -0.05) is 55.3 Å². The monoisotopic (exact) mass is 349 g/mol. The van der Waals surface area contributed by atoms with Crippen LogP contribution in [0, 0.1) is 19.5 Å². The van der Waals surface area contributed by atoms with Gasteiger partial charge in [0.05, 0.1) is 5.69 Å². The number of benzene rings is 3. The van der Waals surface area contributed by atoms with Crippen LogP contribution in [0.5, 0.6) is 0 Å². The first-order valence-electron chi connectivity index (χ1n) is 11.5. The zero-order valence-electron chi connectivity index (χ0n) is 20.6. The van der Waals surface area contributed by atoms with Gasteiger partial charge in [0.25, 0.3) is 0 Å².